The summed E-state index contributed by atoms with van der Waals surface area (Å²) in [6.07, 6.45) is -4.54. The van der Waals surface area contributed by atoms with Crippen LogP contribution in [0.3, 0.4) is 0 Å². The van der Waals surface area contributed by atoms with Gasteiger partial charge >= 0.3 is 6.18 Å². The molecular weight excluding hydrogens is 299 g/mol. The average molecular weight is 306 g/mol. The molecule has 17 heavy (non-hydrogen) atoms. The van der Waals surface area contributed by atoms with Gasteiger partial charge in [0.25, 0.3) is 0 Å². The first-order chi connectivity index (χ1) is 7.79. The quantitative estimate of drug-likeness (QED) is 0.792. The number of pyridine rings is 1. The Hall–Kier alpha value is -1.30. The van der Waals surface area contributed by atoms with Crippen LogP contribution in [-0.2, 0) is 6.18 Å². The van der Waals surface area contributed by atoms with E-state index in [9.17, 15) is 18.0 Å². The van der Waals surface area contributed by atoms with E-state index in [2.05, 4.69) is 20.9 Å². The number of aromatic nitrogens is 1. The number of fused-ring (bicyclic) bond motifs is 1. The van der Waals surface area contributed by atoms with Crippen molar-refractivity contribution in [3.05, 3.63) is 44.2 Å². The third-order valence-electron chi connectivity index (χ3n) is 2.42. The number of nitrogens with one attached hydrogen (secondary N) is 1. The number of aryl methyl sites for hydroxylation is 1. The van der Waals surface area contributed by atoms with Crippen LogP contribution in [0.4, 0.5) is 13.2 Å². The second kappa shape index (κ2) is 3.87. The fourth-order valence-corrected chi connectivity index (χ4v) is 2.30. The minimum absolute atomic E-state index is 0.0102. The second-order valence-electron chi connectivity index (χ2n) is 3.69. The SMILES string of the molecule is Cc1cc(Br)cc2c(C(F)(F)F)cc(=O)[nH]c12. The molecule has 0 spiro atoms. The third kappa shape index (κ3) is 2.22. The van der Waals surface area contributed by atoms with Gasteiger partial charge in [0.15, 0.2) is 0 Å². The van der Waals surface area contributed by atoms with Crippen LogP contribution in [0.5, 0.6) is 0 Å². The van der Waals surface area contributed by atoms with Gasteiger partial charge in [0.05, 0.1) is 11.1 Å². The number of hydrogen-bond donors (Lipinski definition) is 1. The van der Waals surface area contributed by atoms with E-state index in [0.29, 0.717) is 16.1 Å². The third-order valence-corrected chi connectivity index (χ3v) is 2.88. The molecule has 0 radical (unpaired) electrons. The molecular formula is C11H7BrF3NO. The van der Waals surface area contributed by atoms with Gasteiger partial charge in [-0.3, -0.25) is 4.79 Å². The Bertz CT molecular complexity index is 645. The van der Waals surface area contributed by atoms with Crippen molar-refractivity contribution in [3.63, 3.8) is 0 Å². The molecule has 2 rings (SSSR count). The first-order valence-electron chi connectivity index (χ1n) is 4.69. The minimum Gasteiger partial charge on any atom is -0.322 e. The molecule has 0 fully saturated rings. The van der Waals surface area contributed by atoms with E-state index in [4.69, 9.17) is 0 Å². The zero-order chi connectivity index (χ0) is 12.8. The summed E-state index contributed by atoms with van der Waals surface area (Å²) in [7, 11) is 0. The van der Waals surface area contributed by atoms with Crippen molar-refractivity contribution in [3.8, 4) is 0 Å². The summed E-state index contributed by atoms with van der Waals surface area (Å²) in [6.45, 7) is 1.64. The zero-order valence-corrected chi connectivity index (χ0v) is 10.2. The lowest BCUT2D eigenvalue weighted by Gasteiger charge is -2.11. The van der Waals surface area contributed by atoms with Crippen LogP contribution in [0.1, 0.15) is 11.1 Å². The monoisotopic (exact) mass is 305 g/mol. The van der Waals surface area contributed by atoms with Gasteiger partial charge in [-0.05, 0) is 24.6 Å². The van der Waals surface area contributed by atoms with Crippen molar-refractivity contribution >= 4 is 26.8 Å². The normalized spacial score (nSPS) is 12.1. The maximum atomic E-state index is 12.8. The smallest absolute Gasteiger partial charge is 0.322 e. The van der Waals surface area contributed by atoms with Crippen molar-refractivity contribution in [2.75, 3.05) is 0 Å². The van der Waals surface area contributed by atoms with Gasteiger partial charge in [0.2, 0.25) is 5.56 Å². The van der Waals surface area contributed by atoms with Gasteiger partial charge in [-0.25, -0.2) is 0 Å². The molecule has 0 aliphatic heterocycles. The Kier molecular flexibility index (Phi) is 2.77. The topological polar surface area (TPSA) is 32.9 Å². The number of rotatable bonds is 0. The molecule has 0 saturated carbocycles. The highest BCUT2D eigenvalue weighted by molar-refractivity contribution is 9.10. The highest BCUT2D eigenvalue weighted by Gasteiger charge is 2.33. The molecule has 90 valence electrons. The van der Waals surface area contributed by atoms with E-state index in [0.717, 1.165) is 0 Å². The maximum Gasteiger partial charge on any atom is 0.417 e. The van der Waals surface area contributed by atoms with Crippen LogP contribution < -0.4 is 5.56 Å². The number of aromatic amines is 1. The van der Waals surface area contributed by atoms with Crippen molar-refractivity contribution in [1.82, 2.24) is 4.98 Å². The summed E-state index contributed by atoms with van der Waals surface area (Å²) in [4.78, 5) is 13.6. The number of benzene rings is 1. The van der Waals surface area contributed by atoms with Crippen molar-refractivity contribution in [2.45, 2.75) is 13.1 Å². The summed E-state index contributed by atoms with van der Waals surface area (Å²) in [5.74, 6) is 0. The predicted molar refractivity (Wildman–Crippen MR) is 62.0 cm³/mol. The minimum atomic E-state index is -4.54. The molecule has 1 aromatic carbocycles. The molecule has 0 aliphatic carbocycles. The van der Waals surface area contributed by atoms with Crippen molar-refractivity contribution in [1.29, 1.82) is 0 Å². The van der Waals surface area contributed by atoms with Crippen molar-refractivity contribution < 1.29 is 13.2 Å². The average Bonchev–Trinajstić information content (AvgIpc) is 2.16. The van der Waals surface area contributed by atoms with E-state index in [1.54, 1.807) is 13.0 Å². The fraction of sp³-hybridized carbons (Fsp3) is 0.182. The van der Waals surface area contributed by atoms with Crippen LogP contribution in [0.15, 0.2) is 27.5 Å². The zero-order valence-electron chi connectivity index (χ0n) is 8.65. The van der Waals surface area contributed by atoms with Crippen LogP contribution >= 0.6 is 15.9 Å². The molecule has 0 aliphatic rings. The fourth-order valence-electron chi connectivity index (χ4n) is 1.72. The molecule has 0 saturated heterocycles. The van der Waals surface area contributed by atoms with Crippen LogP contribution in [-0.4, -0.2) is 4.98 Å². The first kappa shape index (κ1) is 12.2. The lowest BCUT2D eigenvalue weighted by Crippen LogP contribution is -2.14. The summed E-state index contributed by atoms with van der Waals surface area (Å²) in [6, 6.07) is 3.58. The standard InChI is InChI=1S/C11H7BrF3NO/c1-5-2-6(12)3-7-8(11(13,14)15)4-9(17)16-10(5)7/h2-4H,1H3,(H,16,17). The molecule has 1 heterocycles. The molecule has 0 atom stereocenters. The Morgan fingerprint density at radius 2 is 1.88 bits per heavy atom. The van der Waals surface area contributed by atoms with Gasteiger partial charge in [0, 0.05) is 15.9 Å². The highest BCUT2D eigenvalue weighted by Crippen LogP contribution is 2.35. The molecule has 2 nitrogen and oxygen atoms in total. The Balaban J connectivity index is 2.98. The molecule has 2 aromatic rings. The number of alkyl halides is 3. The lowest BCUT2D eigenvalue weighted by molar-refractivity contribution is -0.136. The molecule has 0 bridgehead atoms. The summed E-state index contributed by atoms with van der Waals surface area (Å²) in [5.41, 5.74) is -0.874. The lowest BCUT2D eigenvalue weighted by atomic mass is 10.1. The molecule has 1 aromatic heterocycles. The van der Waals surface area contributed by atoms with Crippen LogP contribution in [0.2, 0.25) is 0 Å². The van der Waals surface area contributed by atoms with E-state index >= 15 is 0 Å². The van der Waals surface area contributed by atoms with Gasteiger partial charge < -0.3 is 4.98 Å². The predicted octanol–water partition coefficient (Wildman–Crippen LogP) is 3.62. The number of hydrogen-bond acceptors (Lipinski definition) is 1. The van der Waals surface area contributed by atoms with E-state index in [1.807, 2.05) is 0 Å². The van der Waals surface area contributed by atoms with Gasteiger partial charge in [-0.15, -0.1) is 0 Å². The summed E-state index contributed by atoms with van der Waals surface area (Å²) < 4.78 is 38.9. The second-order valence-corrected chi connectivity index (χ2v) is 4.61. The molecule has 0 unspecified atom stereocenters. The molecule has 0 amide bonds. The van der Waals surface area contributed by atoms with Crippen molar-refractivity contribution in [2.24, 2.45) is 0 Å². The number of H-pyrrole nitrogens is 1. The number of halogens is 4. The van der Waals surface area contributed by atoms with Gasteiger partial charge in [-0.1, -0.05) is 15.9 Å². The maximum absolute atomic E-state index is 12.8. The van der Waals surface area contributed by atoms with E-state index in [1.165, 1.54) is 6.07 Å². The Morgan fingerprint density at radius 3 is 2.47 bits per heavy atom. The molecule has 1 N–H and O–H groups in total. The Morgan fingerprint density at radius 1 is 1.24 bits per heavy atom. The largest absolute Gasteiger partial charge is 0.417 e. The van der Waals surface area contributed by atoms with Crippen LogP contribution in [0, 0.1) is 6.92 Å². The highest BCUT2D eigenvalue weighted by atomic mass is 79.9. The van der Waals surface area contributed by atoms with Gasteiger partial charge in [-0.2, -0.15) is 13.2 Å². The first-order valence-corrected chi connectivity index (χ1v) is 5.49. The van der Waals surface area contributed by atoms with Crippen LogP contribution in [0.25, 0.3) is 10.9 Å². The van der Waals surface area contributed by atoms with E-state index < -0.39 is 17.3 Å². The summed E-state index contributed by atoms with van der Waals surface area (Å²) >= 11 is 3.14. The van der Waals surface area contributed by atoms with E-state index in [-0.39, 0.29) is 10.9 Å². The Labute approximate surface area is 103 Å². The molecule has 6 heteroatoms. The van der Waals surface area contributed by atoms with Gasteiger partial charge in [0.1, 0.15) is 0 Å². The summed E-state index contributed by atoms with van der Waals surface area (Å²) in [5, 5.41) is -0.0102.